The van der Waals surface area contributed by atoms with Gasteiger partial charge in [-0.15, -0.1) is 11.8 Å². The molecular weight excluding hydrogens is 469 g/mol. The van der Waals surface area contributed by atoms with Crippen molar-refractivity contribution in [2.45, 2.75) is 102 Å². The van der Waals surface area contributed by atoms with Gasteiger partial charge in [0.25, 0.3) is 5.91 Å². The highest BCUT2D eigenvalue weighted by Gasteiger charge is 2.40. The van der Waals surface area contributed by atoms with Gasteiger partial charge in [0.2, 0.25) is 17.7 Å². The van der Waals surface area contributed by atoms with E-state index in [1.807, 2.05) is 32.6 Å². The summed E-state index contributed by atoms with van der Waals surface area (Å²) in [6, 6.07) is 2.47. The maximum atomic E-state index is 14.7. The minimum Gasteiger partial charge on any atom is -0.338 e. The zero-order valence-corrected chi connectivity index (χ0v) is 21.9. The number of halogens is 1. The van der Waals surface area contributed by atoms with Crippen molar-refractivity contribution in [3.8, 4) is 0 Å². The molecule has 2 aliphatic rings. The lowest BCUT2D eigenvalue weighted by molar-refractivity contribution is -0.137. The van der Waals surface area contributed by atoms with Crippen LogP contribution in [0.2, 0.25) is 0 Å². The molecule has 1 unspecified atom stereocenters. The van der Waals surface area contributed by atoms with E-state index < -0.39 is 11.9 Å². The van der Waals surface area contributed by atoms with Crippen molar-refractivity contribution >= 4 is 35.4 Å². The third kappa shape index (κ3) is 6.42. The van der Waals surface area contributed by atoms with E-state index in [2.05, 4.69) is 5.32 Å². The molecule has 35 heavy (non-hydrogen) atoms. The van der Waals surface area contributed by atoms with E-state index >= 15 is 0 Å². The molecule has 9 heteroatoms. The van der Waals surface area contributed by atoms with Crippen molar-refractivity contribution in [3.63, 3.8) is 0 Å². The number of nitrogens with one attached hydrogen (secondary N) is 1. The van der Waals surface area contributed by atoms with Gasteiger partial charge in [-0.3, -0.25) is 24.5 Å². The summed E-state index contributed by atoms with van der Waals surface area (Å²) in [7, 11) is 0. The van der Waals surface area contributed by atoms with Gasteiger partial charge in [0, 0.05) is 47.5 Å². The molecule has 0 bridgehead atoms. The largest absolute Gasteiger partial charge is 0.338 e. The Morgan fingerprint density at radius 2 is 1.80 bits per heavy atom. The molecule has 0 spiro atoms. The summed E-state index contributed by atoms with van der Waals surface area (Å²) in [5.41, 5.74) is 1.05. The standard InChI is InChI=1S/C26H36FN3O4S/c1-16(2)30(17(3)4)23(32)9-7-5-6-8-14-35-24-19-15-29(21-12-13-22(31)28-25(21)33)26(34)18(19)10-11-20(24)27/h10-11,16-17,21H,5-9,12-15H2,1-4H3,(H,28,31,33). The SMILES string of the molecule is CC(C)N(C(=O)CCCCCCSc1c(F)ccc2c1CN(C1CCC(=O)NC1=O)C2=O)C(C)C. The molecule has 1 aromatic carbocycles. The van der Waals surface area contributed by atoms with Gasteiger partial charge < -0.3 is 9.80 Å². The van der Waals surface area contributed by atoms with E-state index in [1.54, 1.807) is 0 Å². The van der Waals surface area contributed by atoms with E-state index in [9.17, 15) is 23.6 Å². The van der Waals surface area contributed by atoms with Crippen molar-refractivity contribution < 1.29 is 23.6 Å². The van der Waals surface area contributed by atoms with Crippen molar-refractivity contribution in [1.29, 1.82) is 0 Å². The summed E-state index contributed by atoms with van der Waals surface area (Å²) in [4.78, 5) is 52.9. The minimum atomic E-state index is -0.710. The van der Waals surface area contributed by atoms with Crippen LogP contribution in [0.15, 0.2) is 17.0 Å². The number of hydrogen-bond donors (Lipinski definition) is 1. The van der Waals surface area contributed by atoms with Crippen LogP contribution in [0.1, 0.15) is 88.6 Å². The van der Waals surface area contributed by atoms with Crippen LogP contribution in [0, 0.1) is 5.82 Å². The Kier molecular flexibility index (Phi) is 9.33. The Morgan fingerprint density at radius 1 is 1.11 bits per heavy atom. The molecule has 1 aromatic rings. The number of fused-ring (bicyclic) bond motifs is 1. The van der Waals surface area contributed by atoms with Gasteiger partial charge in [0.1, 0.15) is 11.9 Å². The molecule has 4 amide bonds. The Morgan fingerprint density at radius 3 is 2.46 bits per heavy atom. The van der Waals surface area contributed by atoms with Crippen LogP contribution in [0.3, 0.4) is 0 Å². The van der Waals surface area contributed by atoms with Crippen LogP contribution in [0.25, 0.3) is 0 Å². The molecule has 0 aliphatic carbocycles. The normalized spacial score (nSPS) is 17.9. The van der Waals surface area contributed by atoms with Gasteiger partial charge in [0.05, 0.1) is 0 Å². The first-order chi connectivity index (χ1) is 16.6. The second-order valence-corrected chi connectivity index (χ2v) is 10.9. The average Bonchev–Trinajstić information content (AvgIpc) is 3.10. The monoisotopic (exact) mass is 505 g/mol. The first-order valence-corrected chi connectivity index (χ1v) is 13.5. The molecule has 2 aliphatic heterocycles. The Bertz CT molecular complexity index is 974. The number of thioether (sulfide) groups is 1. The zero-order valence-electron chi connectivity index (χ0n) is 21.1. The van der Waals surface area contributed by atoms with E-state index in [0.29, 0.717) is 28.2 Å². The molecule has 1 N–H and O–H groups in total. The quantitative estimate of drug-likeness (QED) is 0.276. The summed E-state index contributed by atoms with van der Waals surface area (Å²) >= 11 is 1.40. The summed E-state index contributed by atoms with van der Waals surface area (Å²) in [6.07, 6.45) is 4.61. The topological polar surface area (TPSA) is 86.8 Å². The first kappa shape index (κ1) is 27.2. The molecule has 1 fully saturated rings. The Labute approximate surface area is 211 Å². The van der Waals surface area contributed by atoms with Crippen molar-refractivity contribution in [1.82, 2.24) is 15.1 Å². The van der Waals surface area contributed by atoms with E-state index in [-0.39, 0.29) is 55.0 Å². The predicted octanol–water partition coefficient (Wildman–Crippen LogP) is 4.27. The highest BCUT2D eigenvalue weighted by molar-refractivity contribution is 7.99. The molecule has 7 nitrogen and oxygen atoms in total. The summed E-state index contributed by atoms with van der Waals surface area (Å²) in [6.45, 7) is 8.31. The van der Waals surface area contributed by atoms with Crippen molar-refractivity contribution in [2.24, 2.45) is 0 Å². The van der Waals surface area contributed by atoms with Gasteiger partial charge in [-0.25, -0.2) is 4.39 Å². The number of piperidine rings is 1. The lowest BCUT2D eigenvalue weighted by atomic mass is 10.0. The average molecular weight is 506 g/mol. The Hall–Kier alpha value is -2.42. The number of carbonyl (C=O) groups excluding carboxylic acids is 4. The number of rotatable bonds is 11. The van der Waals surface area contributed by atoms with E-state index in [4.69, 9.17) is 0 Å². The number of imide groups is 1. The molecule has 3 rings (SSSR count). The molecular formula is C26H36FN3O4S. The third-order valence-corrected chi connectivity index (χ3v) is 7.77. The first-order valence-electron chi connectivity index (χ1n) is 12.5. The molecule has 1 atom stereocenters. The summed E-state index contributed by atoms with van der Waals surface area (Å²) < 4.78 is 14.7. The van der Waals surface area contributed by atoms with Crippen LogP contribution in [0.5, 0.6) is 0 Å². The molecule has 1 saturated heterocycles. The predicted molar refractivity (Wildman–Crippen MR) is 133 cm³/mol. The van der Waals surface area contributed by atoms with Crippen LogP contribution < -0.4 is 5.32 Å². The van der Waals surface area contributed by atoms with E-state index in [0.717, 1.165) is 25.7 Å². The number of amides is 4. The fourth-order valence-corrected chi connectivity index (χ4v) is 6.06. The second-order valence-electron chi connectivity index (χ2n) is 9.80. The fraction of sp³-hybridized carbons (Fsp3) is 0.615. The highest BCUT2D eigenvalue weighted by Crippen LogP contribution is 2.36. The highest BCUT2D eigenvalue weighted by atomic mass is 32.2. The maximum absolute atomic E-state index is 14.7. The van der Waals surface area contributed by atoms with Crippen LogP contribution in [0.4, 0.5) is 4.39 Å². The van der Waals surface area contributed by atoms with Gasteiger partial charge in [-0.1, -0.05) is 12.8 Å². The fourth-order valence-electron chi connectivity index (χ4n) is 4.95. The lowest BCUT2D eigenvalue weighted by Gasteiger charge is -2.30. The third-order valence-electron chi connectivity index (χ3n) is 6.55. The number of nitrogens with zero attached hydrogens (tertiary/aromatic N) is 2. The number of benzene rings is 1. The summed E-state index contributed by atoms with van der Waals surface area (Å²) in [5, 5.41) is 2.29. The zero-order chi connectivity index (χ0) is 25.7. The smallest absolute Gasteiger partial charge is 0.255 e. The molecule has 0 saturated carbocycles. The minimum absolute atomic E-state index is 0.171. The number of unbranched alkanes of at least 4 members (excludes halogenated alkanes) is 3. The molecule has 192 valence electrons. The Balaban J connectivity index is 1.49. The summed E-state index contributed by atoms with van der Waals surface area (Å²) in [5.74, 6) is -0.563. The van der Waals surface area contributed by atoms with Crippen molar-refractivity contribution in [2.75, 3.05) is 5.75 Å². The second kappa shape index (κ2) is 12.0. The van der Waals surface area contributed by atoms with Crippen LogP contribution in [-0.4, -0.2) is 57.3 Å². The van der Waals surface area contributed by atoms with Gasteiger partial charge in [-0.05, 0) is 64.8 Å². The number of hydrogen-bond acceptors (Lipinski definition) is 5. The van der Waals surface area contributed by atoms with Gasteiger partial charge in [-0.2, -0.15) is 0 Å². The van der Waals surface area contributed by atoms with E-state index in [1.165, 1.54) is 28.8 Å². The van der Waals surface area contributed by atoms with Crippen LogP contribution >= 0.6 is 11.8 Å². The molecule has 2 heterocycles. The van der Waals surface area contributed by atoms with Gasteiger partial charge in [0.15, 0.2) is 0 Å². The number of carbonyl (C=O) groups is 4. The lowest BCUT2D eigenvalue weighted by Crippen LogP contribution is -2.52. The maximum Gasteiger partial charge on any atom is 0.255 e. The molecule has 0 radical (unpaired) electrons. The molecule has 0 aromatic heterocycles. The van der Waals surface area contributed by atoms with Gasteiger partial charge >= 0.3 is 0 Å². The van der Waals surface area contributed by atoms with Crippen LogP contribution in [-0.2, 0) is 20.9 Å². The van der Waals surface area contributed by atoms with Crippen molar-refractivity contribution in [3.05, 3.63) is 29.1 Å².